The molecule has 1 aromatic heterocycles. The van der Waals surface area contributed by atoms with Crippen LogP contribution in [0.1, 0.15) is 27.9 Å². The van der Waals surface area contributed by atoms with Gasteiger partial charge in [0.05, 0.1) is 10.5 Å². The van der Waals surface area contributed by atoms with Crippen LogP contribution in [0.2, 0.25) is 5.02 Å². The number of nitrogens with one attached hydrogen (secondary N) is 1. The molecule has 2 nitrogen and oxygen atoms in total. The van der Waals surface area contributed by atoms with Crippen molar-refractivity contribution in [2.45, 2.75) is 19.8 Å². The highest BCUT2D eigenvalue weighted by atomic mass is 35.5. The molecule has 0 aliphatic heterocycles. The average molecular weight is 296 g/mol. The van der Waals surface area contributed by atoms with Crippen LogP contribution in [0, 0.1) is 6.92 Å². The summed E-state index contributed by atoms with van der Waals surface area (Å²) in [6.07, 6.45) is 1.34. The van der Waals surface area contributed by atoms with Gasteiger partial charge in [0.15, 0.2) is 5.78 Å². The first-order valence-electron chi connectivity index (χ1n) is 7.08. The van der Waals surface area contributed by atoms with Gasteiger partial charge < -0.3 is 4.98 Å². The van der Waals surface area contributed by atoms with Crippen LogP contribution in [0.3, 0.4) is 0 Å². The van der Waals surface area contributed by atoms with Crippen molar-refractivity contribution in [3.05, 3.63) is 58.1 Å². The van der Waals surface area contributed by atoms with Crippen molar-refractivity contribution < 1.29 is 4.79 Å². The van der Waals surface area contributed by atoms with Gasteiger partial charge in [-0.2, -0.15) is 0 Å². The lowest BCUT2D eigenvalue weighted by Gasteiger charge is -2.13. The van der Waals surface area contributed by atoms with Crippen LogP contribution in [0.15, 0.2) is 36.4 Å². The number of hydrogen-bond donors (Lipinski definition) is 1. The summed E-state index contributed by atoms with van der Waals surface area (Å²) in [6, 6.07) is 12.1. The van der Waals surface area contributed by atoms with Crippen LogP contribution in [-0.2, 0) is 6.42 Å². The minimum Gasteiger partial charge on any atom is -0.353 e. The van der Waals surface area contributed by atoms with Gasteiger partial charge in [-0.3, -0.25) is 4.79 Å². The Morgan fingerprint density at radius 1 is 1.05 bits per heavy atom. The van der Waals surface area contributed by atoms with E-state index in [4.69, 9.17) is 11.6 Å². The predicted octanol–water partition coefficient (Wildman–Crippen LogP) is 4.93. The SMILES string of the molecule is Cc1ccc(-c2[nH]c3c(Cl)ccc4c3c2CCC4=O)cc1. The summed E-state index contributed by atoms with van der Waals surface area (Å²) in [4.78, 5) is 15.6. The third kappa shape index (κ3) is 1.83. The molecule has 0 saturated carbocycles. The zero-order chi connectivity index (χ0) is 14.6. The molecule has 1 heterocycles. The summed E-state index contributed by atoms with van der Waals surface area (Å²) in [5.41, 5.74) is 6.36. The van der Waals surface area contributed by atoms with Gasteiger partial charge in [-0.25, -0.2) is 0 Å². The monoisotopic (exact) mass is 295 g/mol. The van der Waals surface area contributed by atoms with E-state index in [9.17, 15) is 4.79 Å². The zero-order valence-corrected chi connectivity index (χ0v) is 12.4. The second-order valence-electron chi connectivity index (χ2n) is 5.61. The first-order valence-corrected chi connectivity index (χ1v) is 7.46. The zero-order valence-electron chi connectivity index (χ0n) is 11.7. The second-order valence-corrected chi connectivity index (χ2v) is 6.02. The van der Waals surface area contributed by atoms with E-state index in [0.29, 0.717) is 11.4 Å². The number of halogens is 1. The molecule has 0 amide bonds. The number of carbonyl (C=O) groups excluding carboxylic acids is 1. The largest absolute Gasteiger partial charge is 0.353 e. The Morgan fingerprint density at radius 3 is 2.57 bits per heavy atom. The van der Waals surface area contributed by atoms with Crippen molar-refractivity contribution >= 4 is 28.3 Å². The topological polar surface area (TPSA) is 32.9 Å². The summed E-state index contributed by atoms with van der Waals surface area (Å²) in [5, 5.41) is 1.68. The lowest BCUT2D eigenvalue weighted by Crippen LogP contribution is -2.08. The smallest absolute Gasteiger partial charge is 0.163 e. The van der Waals surface area contributed by atoms with Crippen LogP contribution in [0.5, 0.6) is 0 Å². The molecule has 3 aromatic rings. The molecule has 21 heavy (non-hydrogen) atoms. The van der Waals surface area contributed by atoms with Crippen LogP contribution in [0.4, 0.5) is 0 Å². The molecule has 104 valence electrons. The van der Waals surface area contributed by atoms with Gasteiger partial charge in [0.1, 0.15) is 0 Å². The number of benzene rings is 2. The normalized spacial score (nSPS) is 13.9. The van der Waals surface area contributed by atoms with Crippen LogP contribution >= 0.6 is 11.6 Å². The third-order valence-corrected chi connectivity index (χ3v) is 4.57. The maximum absolute atomic E-state index is 12.1. The highest BCUT2D eigenvalue weighted by molar-refractivity contribution is 6.36. The molecule has 1 aliphatic rings. The number of aromatic nitrogens is 1. The number of hydrogen-bond acceptors (Lipinski definition) is 1. The van der Waals surface area contributed by atoms with E-state index < -0.39 is 0 Å². The van der Waals surface area contributed by atoms with Gasteiger partial charge in [0.2, 0.25) is 0 Å². The molecule has 0 saturated heterocycles. The molecular weight excluding hydrogens is 282 g/mol. The standard InChI is InChI=1S/C18H14ClNO/c1-10-2-4-11(5-3-10)17-13-7-9-15(21)12-6-8-14(19)18(20-17)16(12)13/h2-6,8,20H,7,9H2,1H3. The van der Waals surface area contributed by atoms with E-state index in [0.717, 1.165) is 34.1 Å². The summed E-state index contributed by atoms with van der Waals surface area (Å²) < 4.78 is 0. The Balaban J connectivity index is 2.06. The number of Topliss-reactive ketones (excluding diaryl/α,β-unsaturated/α-hetero) is 1. The van der Waals surface area contributed by atoms with Gasteiger partial charge >= 0.3 is 0 Å². The van der Waals surface area contributed by atoms with E-state index in [1.807, 2.05) is 12.1 Å². The first-order chi connectivity index (χ1) is 10.1. The summed E-state index contributed by atoms with van der Waals surface area (Å²) >= 11 is 6.31. The molecule has 0 atom stereocenters. The molecule has 2 aromatic carbocycles. The molecule has 0 fully saturated rings. The van der Waals surface area contributed by atoms with Crippen molar-refractivity contribution in [2.75, 3.05) is 0 Å². The lowest BCUT2D eigenvalue weighted by molar-refractivity contribution is 0.0982. The number of ketones is 1. The third-order valence-electron chi connectivity index (χ3n) is 4.25. The van der Waals surface area contributed by atoms with Gasteiger partial charge in [0, 0.05) is 23.1 Å². The van der Waals surface area contributed by atoms with Crippen molar-refractivity contribution in [3.8, 4) is 11.3 Å². The van der Waals surface area contributed by atoms with Crippen molar-refractivity contribution in [3.63, 3.8) is 0 Å². The van der Waals surface area contributed by atoms with E-state index in [1.54, 1.807) is 0 Å². The first kappa shape index (κ1) is 12.7. The van der Waals surface area contributed by atoms with Crippen molar-refractivity contribution in [1.29, 1.82) is 0 Å². The highest BCUT2D eigenvalue weighted by Gasteiger charge is 2.25. The fourth-order valence-electron chi connectivity index (χ4n) is 3.16. The van der Waals surface area contributed by atoms with E-state index in [2.05, 4.69) is 36.2 Å². The average Bonchev–Trinajstić information content (AvgIpc) is 2.87. The Labute approximate surface area is 127 Å². The fraction of sp³-hybridized carbons (Fsp3) is 0.167. The van der Waals surface area contributed by atoms with Crippen LogP contribution in [-0.4, -0.2) is 10.8 Å². The number of carbonyl (C=O) groups is 1. The van der Waals surface area contributed by atoms with Crippen LogP contribution < -0.4 is 0 Å². The lowest BCUT2D eigenvalue weighted by atomic mass is 9.89. The number of rotatable bonds is 1. The molecule has 0 spiro atoms. The maximum Gasteiger partial charge on any atom is 0.163 e. The number of H-pyrrole nitrogens is 1. The molecule has 4 rings (SSSR count). The maximum atomic E-state index is 12.1. The van der Waals surface area contributed by atoms with Gasteiger partial charge in [0.25, 0.3) is 0 Å². The van der Waals surface area contributed by atoms with E-state index in [-0.39, 0.29) is 5.78 Å². The Hall–Kier alpha value is -2.06. The summed E-state index contributed by atoms with van der Waals surface area (Å²) in [7, 11) is 0. The molecule has 0 radical (unpaired) electrons. The van der Waals surface area contributed by atoms with Crippen LogP contribution in [0.25, 0.3) is 22.2 Å². The number of aromatic amines is 1. The minimum absolute atomic E-state index is 0.207. The quantitative estimate of drug-likeness (QED) is 0.678. The van der Waals surface area contributed by atoms with E-state index >= 15 is 0 Å². The fourth-order valence-corrected chi connectivity index (χ4v) is 3.37. The summed E-state index contributed by atoms with van der Waals surface area (Å²) in [5.74, 6) is 0.207. The molecule has 1 N–H and O–H groups in total. The van der Waals surface area contributed by atoms with Gasteiger partial charge in [-0.15, -0.1) is 0 Å². The minimum atomic E-state index is 0.207. The molecular formula is C18H14ClNO. The van der Waals surface area contributed by atoms with Crippen molar-refractivity contribution in [2.24, 2.45) is 0 Å². The Kier molecular flexibility index (Phi) is 2.69. The van der Waals surface area contributed by atoms with Gasteiger partial charge in [-0.1, -0.05) is 41.4 Å². The molecule has 1 aliphatic carbocycles. The Morgan fingerprint density at radius 2 is 1.81 bits per heavy atom. The number of aryl methyl sites for hydroxylation is 2. The highest BCUT2D eigenvalue weighted by Crippen LogP contribution is 2.39. The molecule has 0 unspecified atom stereocenters. The molecule has 0 bridgehead atoms. The molecule has 3 heteroatoms. The van der Waals surface area contributed by atoms with Gasteiger partial charge in [-0.05, 0) is 36.6 Å². The second kappa shape index (κ2) is 4.47. The Bertz CT molecular complexity index is 874. The van der Waals surface area contributed by atoms with Crippen molar-refractivity contribution in [1.82, 2.24) is 4.98 Å². The summed E-state index contributed by atoms with van der Waals surface area (Å²) in [6.45, 7) is 2.08. The predicted molar refractivity (Wildman–Crippen MR) is 86.1 cm³/mol. The van der Waals surface area contributed by atoms with E-state index in [1.165, 1.54) is 11.1 Å².